The van der Waals surface area contributed by atoms with E-state index in [-0.39, 0.29) is 0 Å². The van der Waals surface area contributed by atoms with Crippen LogP contribution in [-0.4, -0.2) is 12.2 Å². The van der Waals surface area contributed by atoms with Gasteiger partial charge in [-0.1, -0.05) is 6.92 Å². The van der Waals surface area contributed by atoms with Crippen molar-refractivity contribution < 1.29 is 22.4 Å². The molecular formula is C10H8F4O. The molecule has 0 N–H and O–H groups in total. The van der Waals surface area contributed by atoms with Crippen molar-refractivity contribution >= 4 is 5.78 Å². The summed E-state index contributed by atoms with van der Waals surface area (Å²) in [6, 6.07) is 1.78. The van der Waals surface area contributed by atoms with E-state index in [4.69, 9.17) is 0 Å². The molecule has 0 aliphatic carbocycles. The van der Waals surface area contributed by atoms with E-state index in [1.165, 1.54) is 0 Å². The minimum atomic E-state index is -3.40. The zero-order valence-electron chi connectivity index (χ0n) is 7.86. The number of alkyl halides is 2. The average Bonchev–Trinajstić information content (AvgIpc) is 2.16. The fourth-order valence-corrected chi connectivity index (χ4v) is 1.17. The van der Waals surface area contributed by atoms with Crippen LogP contribution >= 0.6 is 0 Å². The number of rotatable bonds is 3. The van der Waals surface area contributed by atoms with E-state index in [0.717, 1.165) is 12.1 Å². The van der Waals surface area contributed by atoms with Crippen LogP contribution < -0.4 is 0 Å². The van der Waals surface area contributed by atoms with Gasteiger partial charge in [0.05, 0.1) is 5.56 Å². The van der Waals surface area contributed by atoms with Gasteiger partial charge in [-0.2, -0.15) is 0 Å². The number of ketones is 1. The van der Waals surface area contributed by atoms with Gasteiger partial charge in [0, 0.05) is 0 Å². The summed E-state index contributed by atoms with van der Waals surface area (Å²) in [6.07, 6.45) is -3.04. The van der Waals surface area contributed by atoms with Gasteiger partial charge in [0.25, 0.3) is 0 Å². The molecule has 0 aromatic heterocycles. The summed E-state index contributed by atoms with van der Waals surface area (Å²) in [7, 11) is 0. The molecule has 1 nitrogen and oxygen atoms in total. The molecule has 5 heteroatoms. The Morgan fingerprint density at radius 1 is 1.27 bits per heavy atom. The molecular weight excluding hydrogens is 212 g/mol. The van der Waals surface area contributed by atoms with E-state index in [0.29, 0.717) is 12.0 Å². The zero-order valence-corrected chi connectivity index (χ0v) is 7.86. The van der Waals surface area contributed by atoms with E-state index in [9.17, 15) is 22.4 Å². The third kappa shape index (κ3) is 2.34. The molecule has 0 aliphatic rings. The lowest BCUT2D eigenvalue weighted by Gasteiger charge is -2.05. The maximum atomic E-state index is 13.1. The fraction of sp³-hybridized carbons (Fsp3) is 0.300. The van der Waals surface area contributed by atoms with Crippen molar-refractivity contribution in [1.82, 2.24) is 0 Å². The van der Waals surface area contributed by atoms with Crippen molar-refractivity contribution in [3.63, 3.8) is 0 Å². The smallest absolute Gasteiger partial charge is 0.287 e. The minimum absolute atomic E-state index is 0.316. The molecule has 0 radical (unpaired) electrons. The number of halogens is 4. The first kappa shape index (κ1) is 11.7. The van der Waals surface area contributed by atoms with Crippen LogP contribution in [0.5, 0.6) is 0 Å². The maximum absolute atomic E-state index is 13.1. The molecule has 0 aliphatic heterocycles. The van der Waals surface area contributed by atoms with Crippen LogP contribution in [-0.2, 0) is 6.42 Å². The normalized spacial score (nSPS) is 10.8. The Morgan fingerprint density at radius 2 is 1.73 bits per heavy atom. The van der Waals surface area contributed by atoms with Crippen LogP contribution in [0, 0.1) is 11.6 Å². The quantitative estimate of drug-likeness (QED) is 0.565. The molecule has 0 atom stereocenters. The van der Waals surface area contributed by atoms with E-state index in [2.05, 4.69) is 0 Å². The van der Waals surface area contributed by atoms with Gasteiger partial charge in [-0.05, 0) is 24.1 Å². The summed E-state index contributed by atoms with van der Waals surface area (Å²) in [5.74, 6) is -4.30. The lowest BCUT2D eigenvalue weighted by molar-refractivity contribution is 0.0669. The Morgan fingerprint density at radius 3 is 2.07 bits per heavy atom. The Balaban J connectivity index is 3.25. The number of hydrogen-bond acceptors (Lipinski definition) is 1. The highest BCUT2D eigenvalue weighted by Gasteiger charge is 2.25. The van der Waals surface area contributed by atoms with Gasteiger partial charge in [-0.25, -0.2) is 17.6 Å². The monoisotopic (exact) mass is 220 g/mol. The first-order valence-corrected chi connectivity index (χ1v) is 4.27. The highest BCUT2D eigenvalue weighted by atomic mass is 19.3. The molecule has 1 rings (SSSR count). The van der Waals surface area contributed by atoms with Crippen LogP contribution in [0.25, 0.3) is 0 Å². The number of hydrogen-bond donors (Lipinski definition) is 0. The maximum Gasteiger partial charge on any atom is 0.300 e. The van der Waals surface area contributed by atoms with Crippen LogP contribution in [0.1, 0.15) is 22.8 Å². The summed E-state index contributed by atoms with van der Waals surface area (Å²) in [5, 5.41) is 0. The lowest BCUT2D eigenvalue weighted by atomic mass is 10.1. The standard InChI is InChI=1S/C10H8F4O/c1-2-5-3-6(11)8(7(12)4-5)9(15)10(13)14/h3-4,10H,2H2,1H3. The molecule has 0 fully saturated rings. The second-order valence-corrected chi connectivity index (χ2v) is 2.95. The Bertz CT molecular complexity index is 364. The van der Waals surface area contributed by atoms with Crippen LogP contribution in [0.3, 0.4) is 0 Å². The molecule has 1 aromatic rings. The summed E-state index contributed by atoms with van der Waals surface area (Å²) >= 11 is 0. The Hall–Kier alpha value is -1.39. The van der Waals surface area contributed by atoms with Crippen molar-refractivity contribution in [1.29, 1.82) is 0 Å². The van der Waals surface area contributed by atoms with Crippen LogP contribution in [0.2, 0.25) is 0 Å². The highest BCUT2D eigenvalue weighted by Crippen LogP contribution is 2.19. The lowest BCUT2D eigenvalue weighted by Crippen LogP contribution is -2.15. The second kappa shape index (κ2) is 4.42. The number of benzene rings is 1. The largest absolute Gasteiger partial charge is 0.300 e. The minimum Gasteiger partial charge on any atom is -0.287 e. The fourth-order valence-electron chi connectivity index (χ4n) is 1.17. The molecule has 0 unspecified atom stereocenters. The second-order valence-electron chi connectivity index (χ2n) is 2.95. The summed E-state index contributed by atoms with van der Waals surface area (Å²) in [5.41, 5.74) is -0.849. The van der Waals surface area contributed by atoms with Crippen molar-refractivity contribution in [3.05, 3.63) is 34.9 Å². The molecule has 82 valence electrons. The first-order chi connectivity index (χ1) is 6.97. The van der Waals surface area contributed by atoms with E-state index >= 15 is 0 Å². The highest BCUT2D eigenvalue weighted by molar-refractivity contribution is 5.98. The van der Waals surface area contributed by atoms with Crippen LogP contribution in [0.15, 0.2) is 12.1 Å². The summed E-state index contributed by atoms with van der Waals surface area (Å²) in [4.78, 5) is 10.8. The molecule has 0 amide bonds. The van der Waals surface area contributed by atoms with Crippen molar-refractivity contribution in [2.75, 3.05) is 0 Å². The molecule has 0 bridgehead atoms. The van der Waals surface area contributed by atoms with E-state index < -0.39 is 29.4 Å². The number of carbonyl (C=O) groups excluding carboxylic acids is 1. The van der Waals surface area contributed by atoms with Gasteiger partial charge in [0.1, 0.15) is 11.6 Å². The van der Waals surface area contributed by atoms with Crippen molar-refractivity contribution in [2.24, 2.45) is 0 Å². The third-order valence-electron chi connectivity index (χ3n) is 1.95. The Kier molecular flexibility index (Phi) is 3.44. The predicted octanol–water partition coefficient (Wildman–Crippen LogP) is 2.98. The number of carbonyl (C=O) groups is 1. The van der Waals surface area contributed by atoms with Gasteiger partial charge in [-0.3, -0.25) is 4.79 Å². The third-order valence-corrected chi connectivity index (χ3v) is 1.95. The van der Waals surface area contributed by atoms with Gasteiger partial charge in [-0.15, -0.1) is 0 Å². The topological polar surface area (TPSA) is 17.1 Å². The van der Waals surface area contributed by atoms with Crippen molar-refractivity contribution in [3.8, 4) is 0 Å². The Labute approximate surface area is 83.7 Å². The first-order valence-electron chi connectivity index (χ1n) is 4.27. The molecule has 0 saturated carbocycles. The van der Waals surface area contributed by atoms with E-state index in [1.807, 2.05) is 0 Å². The van der Waals surface area contributed by atoms with Crippen molar-refractivity contribution in [2.45, 2.75) is 19.8 Å². The molecule has 1 aromatic carbocycles. The molecule has 0 heterocycles. The SMILES string of the molecule is CCc1cc(F)c(C(=O)C(F)F)c(F)c1. The van der Waals surface area contributed by atoms with Crippen LogP contribution in [0.4, 0.5) is 17.6 Å². The van der Waals surface area contributed by atoms with Gasteiger partial charge in [0.2, 0.25) is 5.78 Å². The van der Waals surface area contributed by atoms with E-state index in [1.54, 1.807) is 6.92 Å². The zero-order chi connectivity index (χ0) is 11.6. The number of aryl methyl sites for hydroxylation is 1. The summed E-state index contributed by atoms with van der Waals surface area (Å²) in [6.45, 7) is 1.66. The number of Topliss-reactive ketones (excluding diaryl/α,β-unsaturated/α-hetero) is 1. The van der Waals surface area contributed by atoms with Gasteiger partial charge >= 0.3 is 6.43 Å². The summed E-state index contributed by atoms with van der Waals surface area (Å²) < 4.78 is 50.2. The predicted molar refractivity (Wildman–Crippen MR) is 46.1 cm³/mol. The van der Waals surface area contributed by atoms with Gasteiger partial charge < -0.3 is 0 Å². The molecule has 0 saturated heterocycles. The molecule has 0 spiro atoms. The average molecular weight is 220 g/mol. The van der Waals surface area contributed by atoms with Gasteiger partial charge in [0.15, 0.2) is 0 Å². The molecule has 15 heavy (non-hydrogen) atoms.